The first-order valence-electron chi connectivity index (χ1n) is 9.07. The lowest BCUT2D eigenvalue weighted by Gasteiger charge is -2.13. The Morgan fingerprint density at radius 2 is 1.61 bits per heavy atom. The summed E-state index contributed by atoms with van der Waals surface area (Å²) < 4.78 is 1.48. The number of anilines is 1. The number of thioether (sulfide) groups is 1. The molecule has 0 aliphatic heterocycles. The molecule has 4 aromatic rings. The number of carbonyl (C=O) groups excluding carboxylic acids is 1. The minimum absolute atomic E-state index is 0.0303. The average Bonchev–Trinajstić information content (AvgIpc) is 2.72. The number of rotatable bonds is 5. The fourth-order valence-electron chi connectivity index (χ4n) is 2.98. The molecule has 0 bridgehead atoms. The summed E-state index contributed by atoms with van der Waals surface area (Å²) >= 11 is 19.1. The summed E-state index contributed by atoms with van der Waals surface area (Å²) in [5.74, 6) is -0.254. The van der Waals surface area contributed by atoms with Gasteiger partial charge in [-0.3, -0.25) is 14.2 Å². The van der Waals surface area contributed by atoms with Crippen molar-refractivity contribution in [2.45, 2.75) is 5.16 Å². The molecule has 0 fully saturated rings. The fourth-order valence-corrected chi connectivity index (χ4v) is 4.44. The van der Waals surface area contributed by atoms with Crippen molar-refractivity contribution in [2.75, 3.05) is 11.1 Å². The minimum atomic E-state index is -0.284. The molecule has 0 spiro atoms. The number of amides is 1. The highest BCUT2D eigenvalue weighted by atomic mass is 35.5. The number of fused-ring (bicyclic) bond motifs is 1. The number of hydrogen-bond acceptors (Lipinski definition) is 4. The van der Waals surface area contributed by atoms with E-state index < -0.39 is 0 Å². The van der Waals surface area contributed by atoms with E-state index in [9.17, 15) is 9.59 Å². The zero-order valence-corrected chi connectivity index (χ0v) is 18.9. The summed E-state index contributed by atoms with van der Waals surface area (Å²) in [6, 6.07) is 18.7. The first-order valence-corrected chi connectivity index (χ1v) is 11.2. The molecule has 4 rings (SSSR count). The Bertz CT molecular complexity index is 1320. The van der Waals surface area contributed by atoms with E-state index >= 15 is 0 Å². The third-order valence-corrected chi connectivity index (χ3v) is 5.94. The van der Waals surface area contributed by atoms with Gasteiger partial charge < -0.3 is 5.32 Å². The smallest absolute Gasteiger partial charge is 0.266 e. The van der Waals surface area contributed by atoms with Crippen LogP contribution in [0, 0.1) is 0 Å². The number of carbonyl (C=O) groups is 1. The van der Waals surface area contributed by atoms with Crippen molar-refractivity contribution in [1.82, 2.24) is 9.55 Å². The van der Waals surface area contributed by atoms with E-state index in [1.54, 1.807) is 60.7 Å². The van der Waals surface area contributed by atoms with Crippen LogP contribution in [0.25, 0.3) is 16.6 Å². The number of para-hydroxylation sites is 1. The number of nitrogens with one attached hydrogen (secondary N) is 1. The van der Waals surface area contributed by atoms with E-state index in [0.29, 0.717) is 42.5 Å². The van der Waals surface area contributed by atoms with Gasteiger partial charge in [-0.25, -0.2) is 4.98 Å². The van der Waals surface area contributed by atoms with Gasteiger partial charge >= 0.3 is 0 Å². The maximum absolute atomic E-state index is 13.2. The highest BCUT2D eigenvalue weighted by molar-refractivity contribution is 7.99. The van der Waals surface area contributed by atoms with Gasteiger partial charge in [0.1, 0.15) is 0 Å². The van der Waals surface area contributed by atoms with Crippen molar-refractivity contribution < 1.29 is 4.79 Å². The van der Waals surface area contributed by atoms with E-state index in [0.717, 1.165) is 11.8 Å². The second-order valence-corrected chi connectivity index (χ2v) is 8.78. The van der Waals surface area contributed by atoms with Crippen molar-refractivity contribution in [3.8, 4) is 5.69 Å². The largest absolute Gasteiger partial charge is 0.325 e. The lowest BCUT2D eigenvalue weighted by atomic mass is 10.2. The molecule has 31 heavy (non-hydrogen) atoms. The molecule has 0 aliphatic carbocycles. The Hall–Kier alpha value is -2.51. The third-order valence-electron chi connectivity index (χ3n) is 4.31. The zero-order chi connectivity index (χ0) is 22.0. The van der Waals surface area contributed by atoms with Gasteiger partial charge in [-0.05, 0) is 54.6 Å². The molecule has 5 nitrogen and oxygen atoms in total. The van der Waals surface area contributed by atoms with Gasteiger partial charge in [0.2, 0.25) is 5.91 Å². The van der Waals surface area contributed by atoms with Crippen LogP contribution in [0.1, 0.15) is 0 Å². The van der Waals surface area contributed by atoms with Gasteiger partial charge in [-0.1, -0.05) is 58.7 Å². The Balaban J connectivity index is 1.66. The molecule has 0 atom stereocenters. The predicted octanol–water partition coefficient (Wildman–Crippen LogP) is 6.08. The molecule has 3 aromatic carbocycles. The summed E-state index contributed by atoms with van der Waals surface area (Å²) in [5.41, 5.74) is 1.43. The topological polar surface area (TPSA) is 64.0 Å². The van der Waals surface area contributed by atoms with E-state index in [1.807, 2.05) is 6.07 Å². The van der Waals surface area contributed by atoms with Crippen LogP contribution in [0.5, 0.6) is 0 Å². The summed E-state index contributed by atoms with van der Waals surface area (Å²) in [6.07, 6.45) is 0. The van der Waals surface area contributed by atoms with E-state index in [1.165, 1.54) is 4.57 Å². The van der Waals surface area contributed by atoms with Gasteiger partial charge in [0, 0.05) is 20.8 Å². The average molecular weight is 491 g/mol. The summed E-state index contributed by atoms with van der Waals surface area (Å²) in [5, 5.41) is 5.03. The Labute approximate surface area is 197 Å². The van der Waals surface area contributed by atoms with Crippen LogP contribution < -0.4 is 10.9 Å². The highest BCUT2D eigenvalue weighted by Crippen LogP contribution is 2.25. The third kappa shape index (κ3) is 5.05. The molecule has 9 heteroatoms. The number of nitrogens with zero attached hydrogens (tertiary/aromatic N) is 2. The van der Waals surface area contributed by atoms with E-state index in [2.05, 4.69) is 10.3 Å². The molecule has 0 radical (unpaired) electrons. The van der Waals surface area contributed by atoms with Crippen LogP contribution in [0.4, 0.5) is 5.69 Å². The molecule has 1 N–H and O–H groups in total. The lowest BCUT2D eigenvalue weighted by Crippen LogP contribution is -2.23. The first kappa shape index (κ1) is 21.7. The van der Waals surface area contributed by atoms with Crippen LogP contribution in [-0.4, -0.2) is 21.2 Å². The van der Waals surface area contributed by atoms with Crippen LogP contribution in [0.3, 0.4) is 0 Å². The Morgan fingerprint density at radius 3 is 2.32 bits per heavy atom. The van der Waals surface area contributed by atoms with Gasteiger partial charge in [0.05, 0.1) is 22.3 Å². The molecule has 0 unspecified atom stereocenters. The normalized spacial score (nSPS) is 10.9. The van der Waals surface area contributed by atoms with Gasteiger partial charge in [0.15, 0.2) is 5.16 Å². The van der Waals surface area contributed by atoms with Gasteiger partial charge in [0.25, 0.3) is 5.56 Å². The highest BCUT2D eigenvalue weighted by Gasteiger charge is 2.15. The number of hydrogen-bond donors (Lipinski definition) is 1. The van der Waals surface area contributed by atoms with Crippen molar-refractivity contribution >= 4 is 69.1 Å². The second-order valence-electron chi connectivity index (χ2n) is 6.52. The van der Waals surface area contributed by atoms with Crippen LogP contribution >= 0.6 is 46.6 Å². The van der Waals surface area contributed by atoms with Crippen LogP contribution in [0.15, 0.2) is 76.7 Å². The zero-order valence-electron chi connectivity index (χ0n) is 15.8. The molecule has 1 amide bonds. The number of benzene rings is 3. The van der Waals surface area contributed by atoms with Gasteiger partial charge in [-0.15, -0.1) is 0 Å². The Kier molecular flexibility index (Phi) is 6.53. The molecular formula is C22H14Cl3N3O2S. The molecule has 1 aromatic heterocycles. The van der Waals surface area contributed by atoms with E-state index in [-0.39, 0.29) is 17.2 Å². The van der Waals surface area contributed by atoms with Crippen molar-refractivity contribution in [2.24, 2.45) is 0 Å². The lowest BCUT2D eigenvalue weighted by molar-refractivity contribution is -0.113. The quantitative estimate of drug-likeness (QED) is 0.272. The van der Waals surface area contributed by atoms with Crippen molar-refractivity contribution in [1.29, 1.82) is 0 Å². The molecule has 156 valence electrons. The summed E-state index contributed by atoms with van der Waals surface area (Å²) in [7, 11) is 0. The van der Waals surface area contributed by atoms with Gasteiger partial charge in [-0.2, -0.15) is 0 Å². The number of aromatic nitrogens is 2. The summed E-state index contributed by atoms with van der Waals surface area (Å²) in [4.78, 5) is 30.3. The SMILES string of the molecule is O=C(CSc1nc2ccccc2c(=O)n1-c1ccc(Cl)cc1)Nc1cc(Cl)cc(Cl)c1. The fraction of sp³-hybridized carbons (Fsp3) is 0.0455. The van der Waals surface area contributed by atoms with Crippen LogP contribution in [0.2, 0.25) is 15.1 Å². The summed E-state index contributed by atoms with van der Waals surface area (Å²) in [6.45, 7) is 0. The first-order chi connectivity index (χ1) is 14.9. The molecule has 0 aliphatic rings. The monoisotopic (exact) mass is 489 g/mol. The maximum atomic E-state index is 13.2. The predicted molar refractivity (Wildman–Crippen MR) is 128 cm³/mol. The molecule has 0 saturated carbocycles. The Morgan fingerprint density at radius 1 is 0.935 bits per heavy atom. The van der Waals surface area contributed by atoms with Crippen molar-refractivity contribution in [3.63, 3.8) is 0 Å². The molecular weight excluding hydrogens is 477 g/mol. The van der Waals surface area contributed by atoms with E-state index in [4.69, 9.17) is 34.8 Å². The van der Waals surface area contributed by atoms with Crippen molar-refractivity contribution in [3.05, 3.63) is 92.2 Å². The maximum Gasteiger partial charge on any atom is 0.266 e. The molecule has 1 heterocycles. The molecule has 0 saturated heterocycles. The standard InChI is InChI=1S/C22H14Cl3N3O2S/c23-13-5-7-17(8-6-13)28-21(30)18-3-1-2-4-19(18)27-22(28)31-12-20(29)26-16-10-14(24)9-15(25)11-16/h1-11H,12H2,(H,26,29). The minimum Gasteiger partial charge on any atom is -0.325 e. The number of halogens is 3. The second kappa shape index (κ2) is 9.32. The van der Waals surface area contributed by atoms with Crippen LogP contribution in [-0.2, 0) is 4.79 Å².